The molecule has 1 aromatic carbocycles. The van der Waals surface area contributed by atoms with Crippen LogP contribution in [-0.4, -0.2) is 41.7 Å². The van der Waals surface area contributed by atoms with Crippen LogP contribution in [0.2, 0.25) is 0 Å². The lowest BCUT2D eigenvalue weighted by Gasteiger charge is -2.24. The van der Waals surface area contributed by atoms with Gasteiger partial charge in [-0.25, -0.2) is 9.78 Å². The van der Waals surface area contributed by atoms with Crippen LogP contribution in [0.3, 0.4) is 0 Å². The van der Waals surface area contributed by atoms with Gasteiger partial charge in [-0.2, -0.15) is 0 Å². The molecule has 2 heterocycles. The molecule has 0 spiro atoms. The number of thiazole rings is 1. The lowest BCUT2D eigenvalue weighted by molar-refractivity contribution is 0.0849. The van der Waals surface area contributed by atoms with Gasteiger partial charge in [0.2, 0.25) is 0 Å². The summed E-state index contributed by atoms with van der Waals surface area (Å²) >= 11 is 1.58. The Labute approximate surface area is 140 Å². The first-order chi connectivity index (χ1) is 11.3. The number of hydrogen-bond acceptors (Lipinski definition) is 4. The summed E-state index contributed by atoms with van der Waals surface area (Å²) in [5.74, 6) is 0. The molecule has 122 valence electrons. The maximum atomic E-state index is 12.5. The van der Waals surface area contributed by atoms with Crippen LogP contribution in [0, 0.1) is 0 Å². The summed E-state index contributed by atoms with van der Waals surface area (Å²) in [7, 11) is 0. The first-order valence-electron chi connectivity index (χ1n) is 7.93. The van der Waals surface area contributed by atoms with Crippen LogP contribution in [0.15, 0.2) is 35.8 Å². The highest BCUT2D eigenvalue weighted by molar-refractivity contribution is 7.13. The van der Waals surface area contributed by atoms with Gasteiger partial charge in [-0.05, 0) is 31.9 Å². The highest BCUT2D eigenvalue weighted by Gasteiger charge is 2.21. The largest absolute Gasteiger partial charge is 0.376 e. The maximum Gasteiger partial charge on any atom is 0.321 e. The Morgan fingerprint density at radius 3 is 3.13 bits per heavy atom. The first kappa shape index (κ1) is 16.0. The van der Waals surface area contributed by atoms with Crippen molar-refractivity contribution in [2.24, 2.45) is 0 Å². The number of anilines is 1. The van der Waals surface area contributed by atoms with Crippen molar-refractivity contribution in [2.75, 3.05) is 25.0 Å². The highest BCUT2D eigenvalue weighted by Crippen LogP contribution is 2.24. The fourth-order valence-electron chi connectivity index (χ4n) is 2.69. The number of hydrogen-bond donors (Lipinski definition) is 1. The van der Waals surface area contributed by atoms with Gasteiger partial charge in [-0.15, -0.1) is 11.3 Å². The zero-order valence-electron chi connectivity index (χ0n) is 13.2. The molecule has 0 saturated carbocycles. The van der Waals surface area contributed by atoms with Gasteiger partial charge in [-0.3, -0.25) is 0 Å². The van der Waals surface area contributed by atoms with Gasteiger partial charge in [-0.1, -0.05) is 12.1 Å². The molecular weight excluding hydrogens is 310 g/mol. The van der Waals surface area contributed by atoms with E-state index in [-0.39, 0.29) is 12.1 Å². The number of nitrogens with one attached hydrogen (secondary N) is 1. The average Bonchev–Trinajstić information content (AvgIpc) is 3.26. The monoisotopic (exact) mass is 331 g/mol. The van der Waals surface area contributed by atoms with E-state index in [1.807, 2.05) is 36.6 Å². The quantitative estimate of drug-likeness (QED) is 0.905. The van der Waals surface area contributed by atoms with Gasteiger partial charge in [0, 0.05) is 42.5 Å². The number of rotatable bonds is 5. The zero-order valence-corrected chi connectivity index (χ0v) is 14.0. The summed E-state index contributed by atoms with van der Waals surface area (Å²) in [6, 6.07) is 7.70. The van der Waals surface area contributed by atoms with Crippen LogP contribution >= 0.6 is 11.3 Å². The molecule has 23 heavy (non-hydrogen) atoms. The van der Waals surface area contributed by atoms with Crippen LogP contribution in [0.1, 0.15) is 19.8 Å². The second-order valence-corrected chi connectivity index (χ2v) is 6.42. The van der Waals surface area contributed by atoms with Crippen LogP contribution in [0.4, 0.5) is 10.5 Å². The summed E-state index contributed by atoms with van der Waals surface area (Å²) < 4.78 is 5.63. The number of carbonyl (C=O) groups is 1. The molecule has 0 bridgehead atoms. The minimum Gasteiger partial charge on any atom is -0.376 e. The molecule has 1 atom stereocenters. The number of benzene rings is 1. The third kappa shape index (κ3) is 4.09. The van der Waals surface area contributed by atoms with E-state index < -0.39 is 0 Å². The van der Waals surface area contributed by atoms with Crippen molar-refractivity contribution in [3.8, 4) is 10.6 Å². The van der Waals surface area contributed by atoms with Crippen molar-refractivity contribution in [3.63, 3.8) is 0 Å². The number of nitrogens with zero attached hydrogens (tertiary/aromatic N) is 2. The fraction of sp³-hybridized carbons (Fsp3) is 0.412. The molecule has 0 aliphatic carbocycles. The van der Waals surface area contributed by atoms with Crippen molar-refractivity contribution in [3.05, 3.63) is 35.8 Å². The molecule has 1 N–H and O–H groups in total. The SMILES string of the molecule is CCN(C[C@H]1CCCO1)C(=O)Nc1cccc(-c2nccs2)c1. The number of ether oxygens (including phenoxy) is 1. The molecule has 5 nitrogen and oxygen atoms in total. The summed E-state index contributed by atoms with van der Waals surface area (Å²) in [5.41, 5.74) is 1.80. The molecule has 1 aliphatic heterocycles. The van der Waals surface area contributed by atoms with E-state index >= 15 is 0 Å². The van der Waals surface area contributed by atoms with Crippen molar-refractivity contribution < 1.29 is 9.53 Å². The molecule has 2 aromatic rings. The summed E-state index contributed by atoms with van der Waals surface area (Å²) in [6.07, 6.45) is 4.07. The lowest BCUT2D eigenvalue weighted by atomic mass is 10.2. The molecule has 6 heteroatoms. The Morgan fingerprint density at radius 1 is 1.52 bits per heavy atom. The van der Waals surface area contributed by atoms with Gasteiger partial charge in [0.05, 0.1) is 6.10 Å². The van der Waals surface area contributed by atoms with E-state index in [4.69, 9.17) is 4.74 Å². The third-order valence-electron chi connectivity index (χ3n) is 3.91. The number of urea groups is 1. The van der Waals surface area contributed by atoms with Crippen molar-refractivity contribution in [1.82, 2.24) is 9.88 Å². The molecule has 0 radical (unpaired) electrons. The Morgan fingerprint density at radius 2 is 2.43 bits per heavy atom. The van der Waals surface area contributed by atoms with E-state index in [1.165, 1.54) is 0 Å². The standard InChI is InChI=1S/C17H21N3O2S/c1-2-20(12-15-7-4-9-22-15)17(21)19-14-6-3-5-13(11-14)16-18-8-10-23-16/h3,5-6,8,10-11,15H,2,4,7,9,12H2,1H3,(H,19,21)/t15-/m1/s1. The maximum absolute atomic E-state index is 12.5. The Bertz CT molecular complexity index is 639. The van der Waals surface area contributed by atoms with Gasteiger partial charge < -0.3 is 15.0 Å². The van der Waals surface area contributed by atoms with E-state index in [1.54, 1.807) is 22.4 Å². The second-order valence-electron chi connectivity index (χ2n) is 5.52. The summed E-state index contributed by atoms with van der Waals surface area (Å²) in [6.45, 7) is 4.10. The lowest BCUT2D eigenvalue weighted by Crippen LogP contribution is -2.39. The number of aromatic nitrogens is 1. The molecule has 2 amide bonds. The number of amides is 2. The Balaban J connectivity index is 1.65. The van der Waals surface area contributed by atoms with Crippen molar-refractivity contribution >= 4 is 23.1 Å². The van der Waals surface area contributed by atoms with E-state index in [9.17, 15) is 4.79 Å². The Hall–Kier alpha value is -1.92. The molecule has 1 saturated heterocycles. The average molecular weight is 331 g/mol. The zero-order chi connectivity index (χ0) is 16.1. The van der Waals surface area contributed by atoms with Crippen LogP contribution in [0.25, 0.3) is 10.6 Å². The van der Waals surface area contributed by atoms with Crippen molar-refractivity contribution in [2.45, 2.75) is 25.9 Å². The second kappa shape index (κ2) is 7.57. The predicted molar refractivity (Wildman–Crippen MR) is 92.8 cm³/mol. The topological polar surface area (TPSA) is 54.5 Å². The van der Waals surface area contributed by atoms with Crippen LogP contribution < -0.4 is 5.32 Å². The highest BCUT2D eigenvalue weighted by atomic mass is 32.1. The molecule has 0 unspecified atom stereocenters. The van der Waals surface area contributed by atoms with E-state index in [0.29, 0.717) is 13.1 Å². The van der Waals surface area contributed by atoms with Gasteiger partial charge in [0.15, 0.2) is 0 Å². The molecule has 1 aromatic heterocycles. The third-order valence-corrected chi connectivity index (χ3v) is 4.73. The van der Waals surface area contributed by atoms with Crippen molar-refractivity contribution in [1.29, 1.82) is 0 Å². The Kier molecular flexibility index (Phi) is 5.25. The minimum absolute atomic E-state index is 0.0840. The summed E-state index contributed by atoms with van der Waals surface area (Å²) in [5, 5.41) is 5.87. The molecule has 3 rings (SSSR count). The van der Waals surface area contributed by atoms with Gasteiger partial charge in [0.25, 0.3) is 0 Å². The first-order valence-corrected chi connectivity index (χ1v) is 8.81. The predicted octanol–water partition coefficient (Wildman–Crippen LogP) is 3.84. The summed E-state index contributed by atoms with van der Waals surface area (Å²) in [4.78, 5) is 18.6. The molecular formula is C17H21N3O2S. The van der Waals surface area contributed by atoms with Gasteiger partial charge in [0.1, 0.15) is 5.01 Å². The van der Waals surface area contributed by atoms with E-state index in [0.717, 1.165) is 35.7 Å². The number of carbonyl (C=O) groups excluding carboxylic acids is 1. The van der Waals surface area contributed by atoms with Crippen LogP contribution in [0.5, 0.6) is 0 Å². The van der Waals surface area contributed by atoms with E-state index in [2.05, 4.69) is 10.3 Å². The fourth-order valence-corrected chi connectivity index (χ4v) is 3.32. The molecule has 1 fully saturated rings. The van der Waals surface area contributed by atoms with Gasteiger partial charge >= 0.3 is 6.03 Å². The van der Waals surface area contributed by atoms with Crippen LogP contribution in [-0.2, 0) is 4.74 Å². The number of likely N-dealkylation sites (N-methyl/N-ethyl adjacent to an activating group) is 1. The molecule has 1 aliphatic rings. The smallest absolute Gasteiger partial charge is 0.321 e. The minimum atomic E-state index is -0.0840. The normalized spacial score (nSPS) is 17.2.